The quantitative estimate of drug-likeness (QED) is 0.284. The van der Waals surface area contributed by atoms with Crippen LogP contribution in [0, 0.1) is 12.3 Å². The fourth-order valence-corrected chi connectivity index (χ4v) is 5.48. The molecule has 1 fully saturated rings. The van der Waals surface area contributed by atoms with Crippen LogP contribution in [0.4, 0.5) is 0 Å². The molecule has 0 saturated carbocycles. The van der Waals surface area contributed by atoms with E-state index in [1.807, 2.05) is 36.7 Å². The summed E-state index contributed by atoms with van der Waals surface area (Å²) in [6.07, 6.45) is 5.34. The fraction of sp³-hybridized carbons (Fsp3) is 0.448. The molecular formula is C29H37N3O4. The Hall–Kier alpha value is -3.00. The first-order valence-electron chi connectivity index (χ1n) is 12.8. The molecule has 0 aliphatic carbocycles. The summed E-state index contributed by atoms with van der Waals surface area (Å²) in [6, 6.07) is 16.1. The Labute approximate surface area is 213 Å². The normalized spacial score (nSPS) is 16.6. The number of nitrogens with zero attached hydrogens (tertiary/aromatic N) is 2. The number of amides is 1. The van der Waals surface area contributed by atoms with Crippen molar-refractivity contribution in [1.29, 1.82) is 0 Å². The number of piperidine rings is 1. The van der Waals surface area contributed by atoms with Crippen LogP contribution in [0.1, 0.15) is 54.9 Å². The summed E-state index contributed by atoms with van der Waals surface area (Å²) < 4.78 is 5.38. The van der Waals surface area contributed by atoms with Crippen LogP contribution < -0.4 is 10.2 Å². The molecule has 1 aliphatic rings. The molecule has 3 aromatic rings. The lowest BCUT2D eigenvalue weighted by Crippen LogP contribution is -2.48. The Bertz CT molecular complexity index is 1160. The maximum atomic E-state index is 12.8. The van der Waals surface area contributed by atoms with Crippen molar-refractivity contribution in [2.24, 2.45) is 5.41 Å². The zero-order chi connectivity index (χ0) is 25.5. The molecule has 1 aliphatic heterocycles. The van der Waals surface area contributed by atoms with Gasteiger partial charge in [-0.2, -0.15) is 0 Å². The van der Waals surface area contributed by atoms with Gasteiger partial charge in [-0.15, -0.1) is 0 Å². The van der Waals surface area contributed by atoms with E-state index in [9.17, 15) is 15.1 Å². The van der Waals surface area contributed by atoms with E-state index in [1.165, 1.54) is 5.56 Å². The Morgan fingerprint density at radius 1 is 1.19 bits per heavy atom. The number of fused-ring (bicyclic) bond motifs is 1. The molecule has 3 N–H and O–H groups in total. The average molecular weight is 492 g/mol. The number of nitrogens with one attached hydrogen (secondary N) is 1. The highest BCUT2D eigenvalue weighted by molar-refractivity contribution is 5.85. The van der Waals surface area contributed by atoms with Crippen LogP contribution in [0.3, 0.4) is 0 Å². The number of aryl methyl sites for hydroxylation is 2. The Morgan fingerprint density at radius 3 is 2.64 bits per heavy atom. The number of benzene rings is 2. The standard InChI is InChI=1S/C29H37N3O4/c1-21-20-30-25-11-10-23(36-2)19-24(25)27(21)26(33)12-13-29(28(34)31-35)14-17-32(18-15-29)16-6-9-22-7-4-3-5-8-22/h3-5,7-8,10-11,19-20,26,33,35H,6,9,12-18H2,1-2H3,(H,31,34)/t26-/m1/s1. The number of carbonyl (C=O) groups is 1. The SMILES string of the molecule is COc1ccc2ncc(C)c([C@H](O)CCC3(C(=O)NO)CCN(CCCc4ccccc4)CC3)c2c1. The summed E-state index contributed by atoms with van der Waals surface area (Å²) in [6.45, 7) is 4.52. The third-order valence-electron chi connectivity index (χ3n) is 7.72. The van der Waals surface area contributed by atoms with E-state index in [0.29, 0.717) is 31.4 Å². The molecule has 36 heavy (non-hydrogen) atoms. The lowest BCUT2D eigenvalue weighted by atomic mass is 9.73. The van der Waals surface area contributed by atoms with Crippen LogP contribution in [0.25, 0.3) is 10.9 Å². The highest BCUT2D eigenvalue weighted by Crippen LogP contribution is 2.40. The number of ether oxygens (including phenoxy) is 1. The number of aliphatic hydroxyl groups excluding tert-OH is 1. The predicted octanol–water partition coefficient (Wildman–Crippen LogP) is 4.59. The number of aliphatic hydroxyl groups is 1. The second-order valence-corrected chi connectivity index (χ2v) is 9.94. The van der Waals surface area contributed by atoms with Crippen molar-refractivity contribution in [2.75, 3.05) is 26.7 Å². The van der Waals surface area contributed by atoms with Crippen LogP contribution in [-0.2, 0) is 11.2 Å². The first kappa shape index (κ1) is 26.1. The van der Waals surface area contributed by atoms with Crippen LogP contribution in [-0.4, -0.2) is 52.8 Å². The zero-order valence-electron chi connectivity index (χ0n) is 21.2. The molecule has 7 nitrogen and oxygen atoms in total. The Morgan fingerprint density at radius 2 is 1.94 bits per heavy atom. The van der Waals surface area contributed by atoms with Gasteiger partial charge in [0, 0.05) is 11.6 Å². The minimum Gasteiger partial charge on any atom is -0.497 e. The van der Waals surface area contributed by atoms with Gasteiger partial charge in [0.1, 0.15) is 5.75 Å². The highest BCUT2D eigenvalue weighted by Gasteiger charge is 2.41. The van der Waals surface area contributed by atoms with Gasteiger partial charge in [-0.1, -0.05) is 30.3 Å². The van der Waals surface area contributed by atoms with Gasteiger partial charge in [-0.3, -0.25) is 15.0 Å². The van der Waals surface area contributed by atoms with Crippen molar-refractivity contribution in [3.63, 3.8) is 0 Å². The molecule has 0 spiro atoms. The smallest absolute Gasteiger partial charge is 0.249 e. The number of carbonyl (C=O) groups excluding carboxylic acids is 1. The molecule has 2 aromatic carbocycles. The fourth-order valence-electron chi connectivity index (χ4n) is 5.48. The summed E-state index contributed by atoms with van der Waals surface area (Å²) >= 11 is 0. The van der Waals surface area contributed by atoms with Gasteiger partial charge in [0.25, 0.3) is 0 Å². The van der Waals surface area contributed by atoms with E-state index >= 15 is 0 Å². The molecule has 1 aromatic heterocycles. The second kappa shape index (κ2) is 11.8. The third-order valence-corrected chi connectivity index (χ3v) is 7.72. The maximum Gasteiger partial charge on any atom is 0.249 e. The van der Waals surface area contributed by atoms with Crippen LogP contribution >= 0.6 is 0 Å². The maximum absolute atomic E-state index is 12.8. The largest absolute Gasteiger partial charge is 0.497 e. The molecule has 7 heteroatoms. The van der Waals surface area contributed by atoms with Crippen molar-refractivity contribution < 1.29 is 19.8 Å². The van der Waals surface area contributed by atoms with E-state index < -0.39 is 11.5 Å². The molecule has 0 bridgehead atoms. The number of hydrogen-bond acceptors (Lipinski definition) is 6. The number of rotatable bonds is 10. The lowest BCUT2D eigenvalue weighted by Gasteiger charge is -2.40. The number of methoxy groups -OCH3 is 1. The number of pyridine rings is 1. The second-order valence-electron chi connectivity index (χ2n) is 9.94. The molecule has 2 heterocycles. The molecule has 1 amide bonds. The predicted molar refractivity (Wildman–Crippen MR) is 140 cm³/mol. The average Bonchev–Trinajstić information content (AvgIpc) is 2.92. The highest BCUT2D eigenvalue weighted by atomic mass is 16.5. The van der Waals surface area contributed by atoms with Gasteiger partial charge < -0.3 is 14.7 Å². The number of hydrogen-bond donors (Lipinski definition) is 3. The van der Waals surface area contributed by atoms with Gasteiger partial charge >= 0.3 is 0 Å². The van der Waals surface area contributed by atoms with Crippen LogP contribution in [0.2, 0.25) is 0 Å². The first-order chi connectivity index (χ1) is 17.5. The summed E-state index contributed by atoms with van der Waals surface area (Å²) in [7, 11) is 1.62. The molecule has 0 unspecified atom stereocenters. The number of likely N-dealkylation sites (tertiary alicyclic amines) is 1. The van der Waals surface area contributed by atoms with Crippen molar-refractivity contribution in [3.05, 3.63) is 71.4 Å². The third kappa shape index (κ3) is 5.86. The van der Waals surface area contributed by atoms with Gasteiger partial charge in [0.15, 0.2) is 0 Å². The minimum atomic E-state index is -0.755. The van der Waals surface area contributed by atoms with Crippen molar-refractivity contribution in [1.82, 2.24) is 15.4 Å². The topological polar surface area (TPSA) is 94.9 Å². The van der Waals surface area contributed by atoms with E-state index in [1.54, 1.807) is 13.3 Å². The molecule has 192 valence electrons. The van der Waals surface area contributed by atoms with Crippen molar-refractivity contribution >= 4 is 16.8 Å². The van der Waals surface area contributed by atoms with E-state index in [4.69, 9.17) is 4.74 Å². The van der Waals surface area contributed by atoms with Crippen molar-refractivity contribution in [2.45, 2.75) is 51.6 Å². The van der Waals surface area contributed by atoms with Gasteiger partial charge in [-0.25, -0.2) is 5.48 Å². The summed E-state index contributed by atoms with van der Waals surface area (Å²) in [5, 5.41) is 21.6. The number of aromatic nitrogens is 1. The van der Waals surface area contributed by atoms with Crippen LogP contribution in [0.5, 0.6) is 5.75 Å². The van der Waals surface area contributed by atoms with Crippen LogP contribution in [0.15, 0.2) is 54.7 Å². The summed E-state index contributed by atoms with van der Waals surface area (Å²) in [5.41, 5.74) is 5.07. The summed E-state index contributed by atoms with van der Waals surface area (Å²) in [5.74, 6) is 0.357. The zero-order valence-corrected chi connectivity index (χ0v) is 21.2. The molecule has 1 atom stereocenters. The van der Waals surface area contributed by atoms with Gasteiger partial charge in [0.05, 0.1) is 24.1 Å². The minimum absolute atomic E-state index is 0.350. The lowest BCUT2D eigenvalue weighted by molar-refractivity contribution is -0.143. The molecule has 1 saturated heterocycles. The van der Waals surface area contributed by atoms with Gasteiger partial charge in [-0.05, 0) is 100.0 Å². The van der Waals surface area contributed by atoms with E-state index in [2.05, 4.69) is 34.1 Å². The first-order valence-corrected chi connectivity index (χ1v) is 12.8. The molecule has 4 rings (SSSR count). The monoisotopic (exact) mass is 491 g/mol. The molecular weight excluding hydrogens is 454 g/mol. The Kier molecular flexibility index (Phi) is 8.56. The van der Waals surface area contributed by atoms with Crippen molar-refractivity contribution in [3.8, 4) is 5.75 Å². The van der Waals surface area contributed by atoms with E-state index in [-0.39, 0.29) is 5.91 Å². The van der Waals surface area contributed by atoms with E-state index in [0.717, 1.165) is 54.5 Å². The molecule has 0 radical (unpaired) electrons. The number of hydroxylamine groups is 1. The summed E-state index contributed by atoms with van der Waals surface area (Å²) in [4.78, 5) is 19.7. The Balaban J connectivity index is 1.40. The van der Waals surface area contributed by atoms with Gasteiger partial charge in [0.2, 0.25) is 5.91 Å².